The third-order valence-electron chi connectivity index (χ3n) is 6.17. The Balaban J connectivity index is 1.62. The summed E-state index contributed by atoms with van der Waals surface area (Å²) in [7, 11) is 5.05. The Bertz CT molecular complexity index is 1320. The quantitative estimate of drug-likeness (QED) is 0.496. The van der Waals surface area contributed by atoms with Crippen molar-refractivity contribution in [2.45, 2.75) is 18.9 Å². The molecule has 1 N–H and O–H groups in total. The van der Waals surface area contributed by atoms with Gasteiger partial charge in [0.15, 0.2) is 17.3 Å². The summed E-state index contributed by atoms with van der Waals surface area (Å²) in [5.74, 6) is 0.462. The van der Waals surface area contributed by atoms with E-state index in [1.165, 1.54) is 12.3 Å². The number of likely N-dealkylation sites (N-methyl/N-ethyl adjacent to an activating group) is 1. The van der Waals surface area contributed by atoms with Crippen molar-refractivity contribution in [3.63, 3.8) is 0 Å². The van der Waals surface area contributed by atoms with E-state index in [0.717, 1.165) is 25.9 Å². The van der Waals surface area contributed by atoms with Gasteiger partial charge in [-0.05, 0) is 31.0 Å². The second kappa shape index (κ2) is 11.0. The minimum Gasteiger partial charge on any atom is -0.493 e. The SMILES string of the molecule is COc1cc2ncc(C#N)c(Nc3cccc(Cl)c3F)c2cc1OC1CCN(CC(=O)N(C)C)CC1. The number of rotatable bonds is 7. The number of aromatic nitrogens is 1. The number of halogens is 2. The van der Waals surface area contributed by atoms with Gasteiger partial charge in [0, 0.05) is 44.8 Å². The van der Waals surface area contributed by atoms with E-state index in [9.17, 15) is 14.4 Å². The number of nitrogens with one attached hydrogen (secondary N) is 1. The van der Waals surface area contributed by atoms with E-state index in [4.69, 9.17) is 21.1 Å². The number of piperidine rings is 1. The number of methoxy groups -OCH3 is 1. The van der Waals surface area contributed by atoms with Gasteiger partial charge >= 0.3 is 0 Å². The average molecular weight is 512 g/mol. The average Bonchev–Trinajstić information content (AvgIpc) is 2.87. The van der Waals surface area contributed by atoms with Gasteiger partial charge in [-0.1, -0.05) is 17.7 Å². The molecule has 0 atom stereocenters. The van der Waals surface area contributed by atoms with Crippen LogP contribution in [0.15, 0.2) is 36.5 Å². The number of pyridine rings is 1. The maximum absolute atomic E-state index is 14.6. The van der Waals surface area contributed by atoms with Crippen LogP contribution in [0.1, 0.15) is 18.4 Å². The number of anilines is 2. The van der Waals surface area contributed by atoms with Crippen molar-refractivity contribution < 1.29 is 18.7 Å². The molecule has 188 valence electrons. The first-order chi connectivity index (χ1) is 17.3. The van der Waals surface area contributed by atoms with Crippen LogP contribution in [0.4, 0.5) is 15.8 Å². The number of hydrogen-bond donors (Lipinski definition) is 1. The smallest absolute Gasteiger partial charge is 0.236 e. The van der Waals surface area contributed by atoms with E-state index >= 15 is 0 Å². The first-order valence-electron chi connectivity index (χ1n) is 11.5. The first kappa shape index (κ1) is 25.5. The van der Waals surface area contributed by atoms with E-state index in [1.807, 2.05) is 0 Å². The highest BCUT2D eigenvalue weighted by molar-refractivity contribution is 6.31. The highest BCUT2D eigenvalue weighted by Gasteiger charge is 2.24. The predicted octanol–water partition coefficient (Wildman–Crippen LogP) is 4.58. The number of fused-ring (bicyclic) bond motifs is 1. The van der Waals surface area contributed by atoms with Gasteiger partial charge in [0.1, 0.15) is 12.2 Å². The fraction of sp³-hybridized carbons (Fsp3) is 0.346. The lowest BCUT2D eigenvalue weighted by Gasteiger charge is -2.32. The van der Waals surface area contributed by atoms with Crippen LogP contribution in [0.5, 0.6) is 11.5 Å². The number of amides is 1. The highest BCUT2D eigenvalue weighted by atomic mass is 35.5. The number of nitrogens with zero attached hydrogens (tertiary/aromatic N) is 4. The molecule has 1 aromatic heterocycles. The second-order valence-electron chi connectivity index (χ2n) is 8.79. The fourth-order valence-corrected chi connectivity index (χ4v) is 4.28. The van der Waals surface area contributed by atoms with Gasteiger partial charge in [0.25, 0.3) is 0 Å². The summed E-state index contributed by atoms with van der Waals surface area (Å²) >= 11 is 5.95. The van der Waals surface area contributed by atoms with E-state index in [1.54, 1.807) is 50.4 Å². The van der Waals surface area contributed by atoms with E-state index in [0.29, 0.717) is 34.6 Å². The zero-order chi connectivity index (χ0) is 25.8. The van der Waals surface area contributed by atoms with Gasteiger partial charge in [-0.25, -0.2) is 4.39 Å². The Morgan fingerprint density at radius 2 is 2.06 bits per heavy atom. The van der Waals surface area contributed by atoms with Crippen molar-refractivity contribution in [1.29, 1.82) is 5.26 Å². The van der Waals surface area contributed by atoms with Crippen LogP contribution >= 0.6 is 11.6 Å². The molecule has 2 heterocycles. The van der Waals surface area contributed by atoms with Gasteiger partial charge in [0.05, 0.1) is 41.1 Å². The number of carbonyl (C=O) groups excluding carboxylic acids is 1. The van der Waals surface area contributed by atoms with Crippen molar-refractivity contribution in [2.75, 3.05) is 46.2 Å². The zero-order valence-electron chi connectivity index (χ0n) is 20.3. The van der Waals surface area contributed by atoms with Crippen LogP contribution in [0.3, 0.4) is 0 Å². The molecule has 0 unspecified atom stereocenters. The molecule has 1 fully saturated rings. The Morgan fingerprint density at radius 3 is 2.72 bits per heavy atom. The number of carbonyl (C=O) groups is 1. The van der Waals surface area contributed by atoms with Crippen LogP contribution in [0.2, 0.25) is 5.02 Å². The zero-order valence-corrected chi connectivity index (χ0v) is 21.1. The van der Waals surface area contributed by atoms with Gasteiger partial charge in [-0.2, -0.15) is 5.26 Å². The van der Waals surface area contributed by atoms with E-state index < -0.39 is 5.82 Å². The molecule has 0 bridgehead atoms. The molecule has 0 saturated carbocycles. The first-order valence-corrected chi connectivity index (χ1v) is 11.9. The lowest BCUT2D eigenvalue weighted by Crippen LogP contribution is -2.43. The summed E-state index contributed by atoms with van der Waals surface area (Å²) in [4.78, 5) is 20.1. The molecule has 10 heteroatoms. The number of hydrogen-bond acceptors (Lipinski definition) is 7. The van der Waals surface area contributed by atoms with E-state index in [2.05, 4.69) is 21.3 Å². The molecule has 2 aromatic carbocycles. The third kappa shape index (κ3) is 5.45. The Kier molecular flexibility index (Phi) is 7.77. The molecular weight excluding hydrogens is 485 g/mol. The van der Waals surface area contributed by atoms with Crippen LogP contribution in [0, 0.1) is 17.1 Å². The predicted molar refractivity (Wildman–Crippen MR) is 136 cm³/mol. The van der Waals surface area contributed by atoms with Crippen LogP contribution < -0.4 is 14.8 Å². The fourth-order valence-electron chi connectivity index (χ4n) is 4.10. The summed E-state index contributed by atoms with van der Waals surface area (Å²) in [5, 5.41) is 13.3. The molecule has 1 amide bonds. The van der Waals surface area contributed by atoms with Crippen molar-refractivity contribution in [1.82, 2.24) is 14.8 Å². The second-order valence-corrected chi connectivity index (χ2v) is 9.19. The van der Waals surface area contributed by atoms with Gasteiger partial charge in [-0.15, -0.1) is 0 Å². The van der Waals surface area contributed by atoms with Crippen molar-refractivity contribution >= 4 is 39.8 Å². The monoisotopic (exact) mass is 511 g/mol. The molecule has 36 heavy (non-hydrogen) atoms. The number of likely N-dealkylation sites (tertiary alicyclic amines) is 1. The number of ether oxygens (including phenoxy) is 2. The van der Waals surface area contributed by atoms with Gasteiger partial charge < -0.3 is 19.7 Å². The summed E-state index contributed by atoms with van der Waals surface area (Å²) in [5.41, 5.74) is 1.34. The maximum atomic E-state index is 14.6. The van der Waals surface area contributed by atoms with Crippen molar-refractivity contribution in [2.24, 2.45) is 0 Å². The minimum atomic E-state index is -0.613. The third-order valence-corrected chi connectivity index (χ3v) is 6.46. The Morgan fingerprint density at radius 1 is 1.31 bits per heavy atom. The van der Waals surface area contributed by atoms with Crippen LogP contribution in [0.25, 0.3) is 10.9 Å². The summed E-state index contributed by atoms with van der Waals surface area (Å²) < 4.78 is 26.5. The van der Waals surface area contributed by atoms with Crippen molar-refractivity contribution in [3.05, 3.63) is 52.9 Å². The molecular formula is C26H27ClFN5O3. The molecule has 0 spiro atoms. The molecule has 0 radical (unpaired) electrons. The lowest BCUT2D eigenvalue weighted by atomic mass is 10.1. The highest BCUT2D eigenvalue weighted by Crippen LogP contribution is 2.39. The summed E-state index contributed by atoms with van der Waals surface area (Å²) in [6, 6.07) is 10.2. The van der Waals surface area contributed by atoms with Crippen LogP contribution in [-0.4, -0.2) is 67.6 Å². The molecule has 1 aliphatic rings. The van der Waals surface area contributed by atoms with Gasteiger partial charge in [0.2, 0.25) is 5.91 Å². The number of benzene rings is 2. The summed E-state index contributed by atoms with van der Waals surface area (Å²) in [6.07, 6.45) is 2.85. The molecule has 1 saturated heterocycles. The largest absolute Gasteiger partial charge is 0.493 e. The normalized spacial score (nSPS) is 14.3. The molecule has 3 aromatic rings. The molecule has 8 nitrogen and oxygen atoms in total. The van der Waals surface area contributed by atoms with Gasteiger partial charge in [-0.3, -0.25) is 14.7 Å². The molecule has 4 rings (SSSR count). The van der Waals surface area contributed by atoms with E-state index in [-0.39, 0.29) is 28.3 Å². The maximum Gasteiger partial charge on any atom is 0.236 e. The molecule has 0 aliphatic carbocycles. The standard InChI is InChI=1S/C26H27ClFN5O3/c1-32(2)24(34)15-33-9-7-17(8-10-33)36-23-11-18-21(12-22(23)35-3)30-14-16(13-29)26(18)31-20-6-4-5-19(27)25(20)28/h4-6,11-12,14,17H,7-10,15H2,1-3H3,(H,30,31). The van der Waals surface area contributed by atoms with Crippen molar-refractivity contribution in [3.8, 4) is 17.6 Å². The van der Waals surface area contributed by atoms with Crippen LogP contribution in [-0.2, 0) is 4.79 Å². The topological polar surface area (TPSA) is 90.7 Å². The summed E-state index contributed by atoms with van der Waals surface area (Å²) in [6.45, 7) is 1.86. The Labute approximate surface area is 214 Å². The molecule has 1 aliphatic heterocycles. The lowest BCUT2D eigenvalue weighted by molar-refractivity contribution is -0.130. The Hall–Kier alpha value is -3.61. The minimum absolute atomic E-state index is 0.0267. The number of nitriles is 1.